The lowest BCUT2D eigenvalue weighted by Crippen LogP contribution is -2.54. The number of imidazole rings is 1. The van der Waals surface area contributed by atoms with Crippen LogP contribution in [0.2, 0.25) is 54.4 Å². The maximum absolute atomic E-state index is 7.25. The third-order valence-electron chi connectivity index (χ3n) is 9.87. The molecule has 2 unspecified atom stereocenters. The molecule has 2 aromatic rings. The van der Waals surface area contributed by atoms with Gasteiger partial charge in [0, 0.05) is 22.6 Å². The second-order valence-electron chi connectivity index (χ2n) is 16.0. The van der Waals surface area contributed by atoms with Gasteiger partial charge < -0.3 is 23.7 Å². The molecule has 0 aliphatic carbocycles. The highest BCUT2D eigenvalue weighted by molar-refractivity contribution is 14.1. The maximum atomic E-state index is 7.25. The predicted octanol–water partition coefficient (Wildman–Crippen LogP) is 7.71. The summed E-state index contributed by atoms with van der Waals surface area (Å²) in [4.78, 5) is 13.6. The summed E-state index contributed by atoms with van der Waals surface area (Å²) in [7, 11) is -6.55. The Balaban J connectivity index is 2.18. The normalized spacial score (nSPS) is 23.5. The monoisotopic (exact) mass is 735 g/mol. The fourth-order valence-corrected chi connectivity index (χ4v) is 8.08. The lowest BCUT2D eigenvalue weighted by Gasteiger charge is -2.44. The SMILES string of the molecule is CC(C)(C)[Si](C)(C)OCC1OC(n2cnc3c(N)nc(I)nc32)[C@H](O[Si](C)(C)C(C)(C)C)[C@@H]1O[Si](C)(C)C(C)(C)C. The third kappa shape index (κ3) is 7.28. The van der Waals surface area contributed by atoms with Crippen LogP contribution >= 0.6 is 22.6 Å². The Morgan fingerprint density at radius 2 is 1.32 bits per heavy atom. The Hall–Kier alpha value is -0.429. The van der Waals surface area contributed by atoms with Gasteiger partial charge in [-0.3, -0.25) is 4.57 Å². The van der Waals surface area contributed by atoms with Crippen LogP contribution in [-0.4, -0.2) is 69.4 Å². The average molecular weight is 736 g/mol. The van der Waals surface area contributed by atoms with Crippen LogP contribution in [0.4, 0.5) is 5.82 Å². The zero-order valence-corrected chi connectivity index (χ0v) is 33.1. The van der Waals surface area contributed by atoms with E-state index >= 15 is 0 Å². The van der Waals surface area contributed by atoms with Gasteiger partial charge in [0.15, 0.2) is 46.5 Å². The van der Waals surface area contributed by atoms with Crippen LogP contribution in [0.15, 0.2) is 6.33 Å². The van der Waals surface area contributed by atoms with Gasteiger partial charge in [0.05, 0.1) is 12.9 Å². The van der Waals surface area contributed by atoms with Gasteiger partial charge in [-0.15, -0.1) is 0 Å². The summed E-state index contributed by atoms with van der Waals surface area (Å²) in [6.45, 7) is 34.5. The van der Waals surface area contributed by atoms with E-state index in [4.69, 9.17) is 28.7 Å². The fraction of sp³-hybridized carbons (Fsp3) is 0.821. The summed E-state index contributed by atoms with van der Waals surface area (Å²) in [5, 5.41) is 0.0776. The number of anilines is 1. The Bertz CT molecular complexity index is 1230. The molecule has 0 saturated carbocycles. The summed E-state index contributed by atoms with van der Waals surface area (Å²) < 4.78 is 30.7. The molecule has 1 saturated heterocycles. The van der Waals surface area contributed by atoms with Crippen LogP contribution in [0.25, 0.3) is 11.2 Å². The number of nitrogen functional groups attached to an aromatic ring is 1. The van der Waals surface area contributed by atoms with Crippen molar-refractivity contribution in [2.24, 2.45) is 0 Å². The van der Waals surface area contributed by atoms with Crippen molar-refractivity contribution in [2.45, 2.75) is 141 Å². The maximum Gasteiger partial charge on any atom is 0.194 e. The molecule has 13 heteroatoms. The van der Waals surface area contributed by atoms with E-state index in [0.29, 0.717) is 27.4 Å². The zero-order chi connectivity index (χ0) is 31.6. The van der Waals surface area contributed by atoms with Gasteiger partial charge in [0.25, 0.3) is 0 Å². The van der Waals surface area contributed by atoms with Gasteiger partial charge in [-0.1, -0.05) is 62.3 Å². The van der Waals surface area contributed by atoms with Crippen molar-refractivity contribution < 1.29 is 18.0 Å². The molecular weight excluding hydrogens is 682 g/mol. The van der Waals surface area contributed by atoms with E-state index in [-0.39, 0.29) is 33.4 Å². The number of aromatic nitrogens is 4. The van der Waals surface area contributed by atoms with Crippen LogP contribution in [0, 0.1) is 3.83 Å². The van der Waals surface area contributed by atoms with E-state index in [2.05, 4.69) is 134 Å². The molecule has 3 rings (SSSR count). The van der Waals surface area contributed by atoms with Crippen molar-refractivity contribution in [1.82, 2.24) is 19.5 Å². The fourth-order valence-electron chi connectivity index (χ4n) is 3.97. The summed E-state index contributed by atoms with van der Waals surface area (Å²) in [5.41, 5.74) is 7.44. The van der Waals surface area contributed by atoms with Gasteiger partial charge in [-0.25, -0.2) is 15.0 Å². The largest absolute Gasteiger partial charge is 0.414 e. The Kier molecular flexibility index (Phi) is 9.83. The van der Waals surface area contributed by atoms with Crippen molar-refractivity contribution in [1.29, 1.82) is 0 Å². The van der Waals surface area contributed by atoms with E-state index < -0.39 is 31.2 Å². The van der Waals surface area contributed by atoms with Crippen LogP contribution in [0.5, 0.6) is 0 Å². The van der Waals surface area contributed by atoms with Gasteiger partial charge in [0.1, 0.15) is 23.8 Å². The summed E-state index contributed by atoms with van der Waals surface area (Å²) in [5.74, 6) is 0.352. The second-order valence-corrected chi connectivity index (χ2v) is 31.3. The van der Waals surface area contributed by atoms with Crippen molar-refractivity contribution >= 4 is 64.5 Å². The number of halogens is 1. The molecule has 1 fully saturated rings. The zero-order valence-electron chi connectivity index (χ0n) is 28.0. The molecule has 0 amide bonds. The molecule has 41 heavy (non-hydrogen) atoms. The van der Waals surface area contributed by atoms with Gasteiger partial charge >= 0.3 is 0 Å². The smallest absolute Gasteiger partial charge is 0.194 e. The van der Waals surface area contributed by atoms with E-state index in [1.165, 1.54) is 0 Å². The average Bonchev–Trinajstić information content (AvgIpc) is 3.31. The number of rotatable bonds is 8. The molecule has 9 nitrogen and oxygen atoms in total. The minimum Gasteiger partial charge on any atom is -0.414 e. The van der Waals surface area contributed by atoms with Gasteiger partial charge in [-0.05, 0) is 54.4 Å². The molecule has 3 heterocycles. The van der Waals surface area contributed by atoms with Crippen molar-refractivity contribution in [3.05, 3.63) is 10.2 Å². The summed E-state index contributed by atoms with van der Waals surface area (Å²) >= 11 is 2.09. The minimum atomic E-state index is -2.27. The number of nitrogens with zero attached hydrogens (tertiary/aromatic N) is 4. The van der Waals surface area contributed by atoms with Crippen molar-refractivity contribution in [3.63, 3.8) is 0 Å². The first-order valence-electron chi connectivity index (χ1n) is 14.6. The molecule has 1 aliphatic rings. The first-order valence-corrected chi connectivity index (χ1v) is 24.4. The molecule has 0 spiro atoms. The number of hydrogen-bond acceptors (Lipinski definition) is 8. The van der Waals surface area contributed by atoms with E-state index in [1.54, 1.807) is 6.33 Å². The van der Waals surface area contributed by atoms with E-state index in [9.17, 15) is 0 Å². The molecule has 234 valence electrons. The van der Waals surface area contributed by atoms with Gasteiger partial charge in [-0.2, -0.15) is 0 Å². The highest BCUT2D eigenvalue weighted by Crippen LogP contribution is 2.47. The van der Waals surface area contributed by atoms with E-state index in [1.807, 2.05) is 4.57 Å². The minimum absolute atomic E-state index is 0.00617. The molecule has 0 bridgehead atoms. The topological polar surface area (TPSA) is 107 Å². The number of nitrogens with two attached hydrogens (primary N) is 1. The number of fused-ring (bicyclic) bond motifs is 1. The van der Waals surface area contributed by atoms with E-state index in [0.717, 1.165) is 0 Å². The molecular formula is C28H54IN5O4Si3. The summed E-state index contributed by atoms with van der Waals surface area (Å²) in [6, 6.07) is 0. The predicted molar refractivity (Wildman–Crippen MR) is 184 cm³/mol. The Labute approximate surface area is 264 Å². The van der Waals surface area contributed by atoms with Gasteiger partial charge in [0.2, 0.25) is 0 Å². The molecule has 0 aromatic carbocycles. The third-order valence-corrected chi connectivity index (χ3v) is 23.8. The molecule has 0 radical (unpaired) electrons. The van der Waals surface area contributed by atoms with Crippen LogP contribution in [0.1, 0.15) is 68.5 Å². The van der Waals surface area contributed by atoms with Crippen LogP contribution < -0.4 is 5.73 Å². The first kappa shape index (κ1) is 35.1. The quantitative estimate of drug-likeness (QED) is 0.167. The Morgan fingerprint density at radius 3 is 1.80 bits per heavy atom. The van der Waals surface area contributed by atoms with Crippen LogP contribution in [0.3, 0.4) is 0 Å². The summed E-state index contributed by atoms with van der Waals surface area (Å²) in [6.07, 6.45) is 0.203. The molecule has 1 aliphatic heterocycles. The first-order chi connectivity index (χ1) is 18.3. The molecule has 2 N–H and O–H groups in total. The van der Waals surface area contributed by atoms with Crippen LogP contribution in [-0.2, 0) is 18.0 Å². The highest BCUT2D eigenvalue weighted by atomic mass is 127. The molecule has 4 atom stereocenters. The Morgan fingerprint density at radius 1 is 0.829 bits per heavy atom. The standard InChI is InChI=1S/C28H54IN5O4Si3/c1-26(2,3)39(10,11)35-16-18-20(37-40(12,13)27(4,5)6)21(38-41(14,15)28(7,8)9)24(36-18)34-17-31-19-22(30)32-25(29)33-23(19)34/h17-18,20-21,24H,16H2,1-15H3,(H2,30,32,33)/t18?,20-,21-,24?/m1/s1. The number of ether oxygens (including phenoxy) is 1. The molecule has 2 aromatic heterocycles. The highest BCUT2D eigenvalue weighted by Gasteiger charge is 2.55. The van der Waals surface area contributed by atoms with Crippen molar-refractivity contribution in [2.75, 3.05) is 12.3 Å². The lowest BCUT2D eigenvalue weighted by atomic mass is 10.1. The second kappa shape index (κ2) is 11.5. The number of hydrogen-bond donors (Lipinski definition) is 1. The lowest BCUT2D eigenvalue weighted by molar-refractivity contribution is -0.0470. The van der Waals surface area contributed by atoms with Crippen molar-refractivity contribution in [3.8, 4) is 0 Å².